The number of hydrogen-bond donors (Lipinski definition) is 1. The summed E-state index contributed by atoms with van der Waals surface area (Å²) < 4.78 is 13.6. The van der Waals surface area contributed by atoms with Crippen molar-refractivity contribution in [3.63, 3.8) is 0 Å². The maximum atomic E-state index is 13.6. The van der Waals surface area contributed by atoms with Gasteiger partial charge in [-0.2, -0.15) is 4.39 Å². The molecule has 1 N–H and O–H groups in total. The molecule has 0 amide bonds. The van der Waals surface area contributed by atoms with Gasteiger partial charge >= 0.3 is 0 Å². The van der Waals surface area contributed by atoms with Crippen LogP contribution in [-0.2, 0) is 0 Å². The summed E-state index contributed by atoms with van der Waals surface area (Å²) in [5, 5.41) is 3.33. The molecule has 1 aliphatic heterocycles. The quantitative estimate of drug-likeness (QED) is 0.707. The molecule has 1 aliphatic rings. The summed E-state index contributed by atoms with van der Waals surface area (Å²) in [6.45, 7) is 6.47. The largest absolute Gasteiger partial charge is 0.365 e. The summed E-state index contributed by atoms with van der Waals surface area (Å²) in [4.78, 5) is 5.89. The fraction of sp³-hybridized carbons (Fsp3) is 0.545. The smallest absolute Gasteiger partial charge is 0.236 e. The van der Waals surface area contributed by atoms with Crippen LogP contribution in [0.4, 0.5) is 10.1 Å². The van der Waals surface area contributed by atoms with Crippen LogP contribution in [0.15, 0.2) is 12.1 Å². The average molecular weight is 209 g/mol. The summed E-state index contributed by atoms with van der Waals surface area (Å²) in [7, 11) is 0. The number of anilines is 1. The Labute approximate surface area is 89.3 Å². The molecule has 1 atom stereocenters. The molecule has 4 heteroatoms. The number of nitrogens with one attached hydrogen (secondary N) is 1. The number of rotatable bonds is 1. The zero-order valence-electron chi connectivity index (χ0n) is 9.13. The fourth-order valence-electron chi connectivity index (χ4n) is 1.90. The van der Waals surface area contributed by atoms with E-state index in [0.29, 0.717) is 11.7 Å². The molecule has 2 heterocycles. The minimum Gasteiger partial charge on any atom is -0.365 e. The lowest BCUT2D eigenvalue weighted by Gasteiger charge is -2.33. The topological polar surface area (TPSA) is 28.2 Å². The van der Waals surface area contributed by atoms with Crippen LogP contribution in [0.2, 0.25) is 0 Å². The van der Waals surface area contributed by atoms with Crippen molar-refractivity contribution in [3.8, 4) is 0 Å². The second-order valence-electron chi connectivity index (χ2n) is 4.06. The normalized spacial score (nSPS) is 21.8. The Morgan fingerprint density at radius 3 is 3.00 bits per heavy atom. The van der Waals surface area contributed by atoms with E-state index in [2.05, 4.69) is 17.2 Å². The molecule has 1 aromatic rings. The van der Waals surface area contributed by atoms with Crippen LogP contribution < -0.4 is 10.2 Å². The fourth-order valence-corrected chi connectivity index (χ4v) is 1.90. The molecule has 1 aromatic heterocycles. The number of halogens is 1. The lowest BCUT2D eigenvalue weighted by Crippen LogP contribution is -2.49. The van der Waals surface area contributed by atoms with Gasteiger partial charge in [-0.1, -0.05) is 0 Å². The van der Waals surface area contributed by atoms with E-state index in [0.717, 1.165) is 25.3 Å². The third kappa shape index (κ3) is 2.26. The van der Waals surface area contributed by atoms with E-state index < -0.39 is 0 Å². The van der Waals surface area contributed by atoms with Gasteiger partial charge in [0.2, 0.25) is 5.95 Å². The zero-order valence-corrected chi connectivity index (χ0v) is 9.13. The highest BCUT2D eigenvalue weighted by molar-refractivity contribution is 5.46. The van der Waals surface area contributed by atoms with Crippen LogP contribution in [0.25, 0.3) is 0 Å². The Morgan fingerprint density at radius 2 is 2.33 bits per heavy atom. The first-order valence-electron chi connectivity index (χ1n) is 5.28. The van der Waals surface area contributed by atoms with Gasteiger partial charge in [0, 0.05) is 31.4 Å². The average Bonchev–Trinajstić information content (AvgIpc) is 2.17. The van der Waals surface area contributed by atoms with E-state index in [-0.39, 0.29) is 5.95 Å². The second kappa shape index (κ2) is 4.14. The minimum atomic E-state index is -0.357. The number of nitrogens with zero attached hydrogens (tertiary/aromatic N) is 2. The van der Waals surface area contributed by atoms with Crippen molar-refractivity contribution in [3.05, 3.63) is 23.8 Å². The molecule has 0 aliphatic carbocycles. The van der Waals surface area contributed by atoms with Crippen LogP contribution >= 0.6 is 0 Å². The third-order valence-corrected chi connectivity index (χ3v) is 2.68. The molecule has 0 saturated carbocycles. The van der Waals surface area contributed by atoms with E-state index in [9.17, 15) is 4.39 Å². The van der Waals surface area contributed by atoms with Crippen molar-refractivity contribution in [1.29, 1.82) is 0 Å². The van der Waals surface area contributed by atoms with Crippen LogP contribution in [0.3, 0.4) is 0 Å². The van der Waals surface area contributed by atoms with Gasteiger partial charge in [0.15, 0.2) is 0 Å². The first-order valence-corrected chi connectivity index (χ1v) is 5.28. The van der Waals surface area contributed by atoms with Gasteiger partial charge in [0.1, 0.15) is 0 Å². The Balaban J connectivity index is 2.21. The lowest BCUT2D eigenvalue weighted by molar-refractivity contribution is 0.475. The van der Waals surface area contributed by atoms with Crippen molar-refractivity contribution < 1.29 is 4.39 Å². The Morgan fingerprint density at radius 1 is 1.53 bits per heavy atom. The van der Waals surface area contributed by atoms with Crippen molar-refractivity contribution in [1.82, 2.24) is 10.3 Å². The van der Waals surface area contributed by atoms with Gasteiger partial charge in [-0.3, -0.25) is 0 Å². The number of aryl methyl sites for hydroxylation is 1. The number of aromatic nitrogens is 1. The Kier molecular flexibility index (Phi) is 2.86. The van der Waals surface area contributed by atoms with E-state index in [1.165, 1.54) is 0 Å². The molecule has 3 nitrogen and oxygen atoms in total. The molecule has 0 spiro atoms. The highest BCUT2D eigenvalue weighted by atomic mass is 19.1. The van der Waals surface area contributed by atoms with Crippen molar-refractivity contribution in [2.24, 2.45) is 0 Å². The molecule has 0 unspecified atom stereocenters. The maximum Gasteiger partial charge on any atom is 0.236 e. The van der Waals surface area contributed by atoms with Crippen LogP contribution in [-0.4, -0.2) is 30.7 Å². The summed E-state index contributed by atoms with van der Waals surface area (Å²) in [6, 6.07) is 4.07. The van der Waals surface area contributed by atoms with Crippen molar-refractivity contribution >= 4 is 5.69 Å². The van der Waals surface area contributed by atoms with Gasteiger partial charge in [-0.05, 0) is 26.0 Å². The second-order valence-corrected chi connectivity index (χ2v) is 4.06. The predicted octanol–water partition coefficient (Wildman–Crippen LogP) is 1.33. The minimum absolute atomic E-state index is 0.357. The molecule has 2 rings (SSSR count). The van der Waals surface area contributed by atoms with Gasteiger partial charge in [0.25, 0.3) is 0 Å². The summed E-state index contributed by atoms with van der Waals surface area (Å²) in [6.07, 6.45) is 0. The van der Waals surface area contributed by atoms with Crippen molar-refractivity contribution in [2.45, 2.75) is 19.9 Å². The van der Waals surface area contributed by atoms with Crippen LogP contribution in [0.1, 0.15) is 12.6 Å². The van der Waals surface area contributed by atoms with Crippen molar-refractivity contribution in [2.75, 3.05) is 24.5 Å². The Bertz CT molecular complexity index is 354. The van der Waals surface area contributed by atoms with Crippen LogP contribution in [0.5, 0.6) is 0 Å². The summed E-state index contributed by atoms with van der Waals surface area (Å²) >= 11 is 0. The first kappa shape index (κ1) is 10.4. The van der Waals surface area contributed by atoms with E-state index in [4.69, 9.17) is 0 Å². The summed E-state index contributed by atoms with van der Waals surface area (Å²) in [5.74, 6) is -0.357. The monoisotopic (exact) mass is 209 g/mol. The number of pyridine rings is 1. The number of piperazine rings is 1. The molecular formula is C11H16FN3. The van der Waals surface area contributed by atoms with Crippen LogP contribution in [0, 0.1) is 12.9 Å². The first-order chi connectivity index (χ1) is 7.16. The maximum absolute atomic E-state index is 13.6. The van der Waals surface area contributed by atoms with Gasteiger partial charge in [-0.15, -0.1) is 0 Å². The molecule has 0 radical (unpaired) electrons. The van der Waals surface area contributed by atoms with Gasteiger partial charge in [-0.25, -0.2) is 4.98 Å². The predicted molar refractivity (Wildman–Crippen MR) is 58.6 cm³/mol. The molecule has 1 fully saturated rings. The SMILES string of the molecule is Cc1ccc(N2CCN[C@H](C)C2)c(F)n1. The number of hydrogen-bond acceptors (Lipinski definition) is 3. The van der Waals surface area contributed by atoms with E-state index in [1.807, 2.05) is 17.0 Å². The van der Waals surface area contributed by atoms with Gasteiger partial charge < -0.3 is 10.2 Å². The molecule has 15 heavy (non-hydrogen) atoms. The molecular weight excluding hydrogens is 193 g/mol. The van der Waals surface area contributed by atoms with E-state index in [1.54, 1.807) is 6.92 Å². The summed E-state index contributed by atoms with van der Waals surface area (Å²) in [5.41, 5.74) is 1.34. The third-order valence-electron chi connectivity index (χ3n) is 2.68. The molecule has 1 saturated heterocycles. The highest BCUT2D eigenvalue weighted by Gasteiger charge is 2.18. The zero-order chi connectivity index (χ0) is 10.8. The molecule has 0 aromatic carbocycles. The van der Waals surface area contributed by atoms with Gasteiger partial charge in [0.05, 0.1) is 5.69 Å². The molecule has 0 bridgehead atoms. The standard InChI is InChI=1S/C11H16FN3/c1-8-3-4-10(11(12)14-8)15-6-5-13-9(2)7-15/h3-4,9,13H,5-7H2,1-2H3/t9-/m1/s1. The highest BCUT2D eigenvalue weighted by Crippen LogP contribution is 2.19. The lowest BCUT2D eigenvalue weighted by atomic mass is 10.2. The van der Waals surface area contributed by atoms with E-state index >= 15 is 0 Å². The molecule has 82 valence electrons. The Hall–Kier alpha value is -1.16.